The van der Waals surface area contributed by atoms with Gasteiger partial charge in [0.05, 0.1) is 12.1 Å². The first kappa shape index (κ1) is 10.7. The molecule has 3 heteroatoms. The van der Waals surface area contributed by atoms with Crippen LogP contribution in [0.15, 0.2) is 18.2 Å². The van der Waals surface area contributed by atoms with Crippen molar-refractivity contribution in [3.05, 3.63) is 23.8 Å². The summed E-state index contributed by atoms with van der Waals surface area (Å²) >= 11 is 0. The minimum atomic E-state index is -0.130. The van der Waals surface area contributed by atoms with Crippen molar-refractivity contribution in [1.82, 2.24) is 0 Å². The van der Waals surface area contributed by atoms with Gasteiger partial charge < -0.3 is 15.7 Å². The Kier molecular flexibility index (Phi) is 2.03. The number of anilines is 2. The summed E-state index contributed by atoms with van der Waals surface area (Å²) in [6, 6.07) is 6.45. The first-order valence-electron chi connectivity index (χ1n) is 6.96. The third-order valence-electron chi connectivity index (χ3n) is 5.39. The van der Waals surface area contributed by atoms with Crippen LogP contribution in [0, 0.1) is 24.7 Å². The quantitative estimate of drug-likeness (QED) is 0.740. The molecule has 3 fully saturated rings. The molecule has 2 aliphatic carbocycles. The van der Waals surface area contributed by atoms with Crippen molar-refractivity contribution in [2.45, 2.75) is 31.9 Å². The van der Waals surface area contributed by atoms with E-state index in [1.807, 2.05) is 6.07 Å². The van der Waals surface area contributed by atoms with Gasteiger partial charge in [-0.1, -0.05) is 6.07 Å². The SMILES string of the molecule is Cc1ccc(N)cc1N1CC2CC3CC2C1C3O. The second kappa shape index (κ2) is 3.41. The average molecular weight is 244 g/mol. The summed E-state index contributed by atoms with van der Waals surface area (Å²) in [6.07, 6.45) is 2.32. The van der Waals surface area contributed by atoms with Gasteiger partial charge in [0.25, 0.3) is 0 Å². The first-order valence-corrected chi connectivity index (χ1v) is 6.96. The molecule has 5 atom stereocenters. The number of fused-ring (bicyclic) bond motifs is 1. The third-order valence-corrected chi connectivity index (χ3v) is 5.39. The summed E-state index contributed by atoms with van der Waals surface area (Å²) in [7, 11) is 0. The van der Waals surface area contributed by atoms with Crippen molar-refractivity contribution < 1.29 is 5.11 Å². The molecular weight excluding hydrogens is 224 g/mol. The van der Waals surface area contributed by atoms with Crippen LogP contribution < -0.4 is 10.6 Å². The predicted octanol–water partition coefficient (Wildman–Crippen LogP) is 1.78. The maximum absolute atomic E-state index is 10.4. The number of rotatable bonds is 1. The Bertz CT molecular complexity index is 499. The van der Waals surface area contributed by atoms with Crippen LogP contribution in [0.2, 0.25) is 0 Å². The van der Waals surface area contributed by atoms with Gasteiger partial charge in [-0.15, -0.1) is 0 Å². The van der Waals surface area contributed by atoms with Crippen molar-refractivity contribution in [2.24, 2.45) is 17.8 Å². The number of hydrogen-bond acceptors (Lipinski definition) is 3. The number of nitrogens with two attached hydrogens (primary N) is 1. The zero-order chi connectivity index (χ0) is 12.4. The van der Waals surface area contributed by atoms with Gasteiger partial charge in [-0.25, -0.2) is 0 Å². The van der Waals surface area contributed by atoms with E-state index in [0.717, 1.165) is 18.2 Å². The summed E-state index contributed by atoms with van der Waals surface area (Å²) in [5, 5.41) is 10.4. The molecule has 2 saturated carbocycles. The smallest absolute Gasteiger partial charge is 0.0774 e. The average Bonchev–Trinajstić information content (AvgIpc) is 2.93. The van der Waals surface area contributed by atoms with E-state index in [4.69, 9.17) is 5.73 Å². The Labute approximate surface area is 108 Å². The Balaban J connectivity index is 1.76. The minimum absolute atomic E-state index is 0.130. The van der Waals surface area contributed by atoms with Gasteiger partial charge in [0, 0.05) is 17.9 Å². The van der Waals surface area contributed by atoms with E-state index in [1.54, 1.807) is 0 Å². The summed E-state index contributed by atoms with van der Waals surface area (Å²) in [5.74, 6) is 2.06. The highest BCUT2D eigenvalue weighted by Crippen LogP contribution is 2.56. The van der Waals surface area contributed by atoms with Crippen molar-refractivity contribution in [3.63, 3.8) is 0 Å². The largest absolute Gasteiger partial charge is 0.399 e. The van der Waals surface area contributed by atoms with Gasteiger partial charge in [-0.3, -0.25) is 0 Å². The number of benzene rings is 1. The van der Waals surface area contributed by atoms with Crippen LogP contribution in [-0.4, -0.2) is 23.8 Å². The molecule has 3 aliphatic rings. The van der Waals surface area contributed by atoms with Gasteiger partial charge in [-0.05, 0) is 55.2 Å². The van der Waals surface area contributed by atoms with Crippen molar-refractivity contribution in [1.29, 1.82) is 0 Å². The number of aliphatic hydroxyl groups excluding tert-OH is 1. The van der Waals surface area contributed by atoms with E-state index < -0.39 is 0 Å². The van der Waals surface area contributed by atoms with Gasteiger partial charge in [0.15, 0.2) is 0 Å². The Morgan fingerprint density at radius 1 is 1.28 bits per heavy atom. The van der Waals surface area contributed by atoms with Crippen LogP contribution in [0.3, 0.4) is 0 Å². The molecule has 5 unspecified atom stereocenters. The van der Waals surface area contributed by atoms with Crippen LogP contribution in [0.5, 0.6) is 0 Å². The highest BCUT2D eigenvalue weighted by atomic mass is 16.3. The molecule has 1 aliphatic heterocycles. The zero-order valence-electron chi connectivity index (χ0n) is 10.7. The molecule has 0 radical (unpaired) electrons. The molecule has 1 saturated heterocycles. The lowest BCUT2D eigenvalue weighted by atomic mass is 9.88. The molecule has 2 bridgehead atoms. The molecule has 96 valence electrons. The van der Waals surface area contributed by atoms with E-state index in [1.165, 1.54) is 24.1 Å². The normalized spacial score (nSPS) is 40.8. The van der Waals surface area contributed by atoms with Crippen molar-refractivity contribution >= 4 is 11.4 Å². The Hall–Kier alpha value is -1.22. The molecule has 0 spiro atoms. The summed E-state index contributed by atoms with van der Waals surface area (Å²) in [6.45, 7) is 3.24. The number of hydrogen-bond donors (Lipinski definition) is 2. The molecule has 18 heavy (non-hydrogen) atoms. The highest BCUT2D eigenvalue weighted by Gasteiger charge is 2.58. The maximum Gasteiger partial charge on any atom is 0.0774 e. The molecule has 1 aromatic carbocycles. The summed E-state index contributed by atoms with van der Waals surface area (Å²) < 4.78 is 0. The maximum atomic E-state index is 10.4. The number of nitrogens with zero attached hydrogens (tertiary/aromatic N) is 1. The zero-order valence-corrected chi connectivity index (χ0v) is 10.7. The fourth-order valence-corrected chi connectivity index (χ4v) is 4.63. The van der Waals surface area contributed by atoms with Crippen LogP contribution in [-0.2, 0) is 0 Å². The number of aryl methyl sites for hydroxylation is 1. The fraction of sp³-hybridized carbons (Fsp3) is 0.600. The molecule has 0 aromatic heterocycles. The Morgan fingerprint density at radius 3 is 2.89 bits per heavy atom. The van der Waals surface area contributed by atoms with Gasteiger partial charge in [0.2, 0.25) is 0 Å². The summed E-state index contributed by atoms with van der Waals surface area (Å²) in [4.78, 5) is 2.43. The lowest BCUT2D eigenvalue weighted by Gasteiger charge is -2.31. The standard InChI is InChI=1S/C15H20N2O/c1-8-2-3-11(16)6-13(8)17-7-10-4-9-5-12(10)14(17)15(9)18/h2-3,6,9-10,12,14-15,18H,4-5,7,16H2,1H3. The lowest BCUT2D eigenvalue weighted by molar-refractivity contribution is 0.0966. The van der Waals surface area contributed by atoms with E-state index in [0.29, 0.717) is 17.9 Å². The molecule has 1 aromatic rings. The molecule has 4 rings (SSSR count). The number of aliphatic hydroxyl groups is 1. The van der Waals surface area contributed by atoms with Gasteiger partial charge in [-0.2, -0.15) is 0 Å². The van der Waals surface area contributed by atoms with E-state index in [-0.39, 0.29) is 6.10 Å². The van der Waals surface area contributed by atoms with Gasteiger partial charge in [0.1, 0.15) is 0 Å². The van der Waals surface area contributed by atoms with Gasteiger partial charge >= 0.3 is 0 Å². The molecule has 1 heterocycles. The van der Waals surface area contributed by atoms with Crippen LogP contribution in [0.1, 0.15) is 18.4 Å². The van der Waals surface area contributed by atoms with E-state index in [2.05, 4.69) is 24.0 Å². The molecular formula is C15H20N2O. The topological polar surface area (TPSA) is 49.5 Å². The van der Waals surface area contributed by atoms with Crippen molar-refractivity contribution in [3.8, 4) is 0 Å². The molecule has 0 amide bonds. The van der Waals surface area contributed by atoms with Crippen molar-refractivity contribution in [2.75, 3.05) is 17.2 Å². The lowest BCUT2D eigenvalue weighted by Crippen LogP contribution is -2.41. The monoisotopic (exact) mass is 244 g/mol. The predicted molar refractivity (Wildman–Crippen MR) is 72.4 cm³/mol. The Morgan fingerprint density at radius 2 is 2.11 bits per heavy atom. The summed E-state index contributed by atoms with van der Waals surface area (Å²) in [5.41, 5.74) is 9.24. The van der Waals surface area contributed by atoms with E-state index in [9.17, 15) is 5.11 Å². The minimum Gasteiger partial charge on any atom is -0.399 e. The fourth-order valence-electron chi connectivity index (χ4n) is 4.63. The second-order valence-electron chi connectivity index (χ2n) is 6.33. The molecule has 3 N–H and O–H groups in total. The number of nitrogen functional groups attached to an aromatic ring is 1. The highest BCUT2D eigenvalue weighted by molar-refractivity contribution is 5.62. The van der Waals surface area contributed by atoms with E-state index >= 15 is 0 Å². The third kappa shape index (κ3) is 1.23. The second-order valence-corrected chi connectivity index (χ2v) is 6.33. The van der Waals surface area contributed by atoms with Crippen LogP contribution in [0.25, 0.3) is 0 Å². The molecule has 3 nitrogen and oxygen atoms in total. The van der Waals surface area contributed by atoms with Crippen LogP contribution >= 0.6 is 0 Å². The van der Waals surface area contributed by atoms with Crippen LogP contribution in [0.4, 0.5) is 11.4 Å². The first-order chi connectivity index (χ1) is 8.65.